The average Bonchev–Trinajstić information content (AvgIpc) is 3.34. The number of halogens is 1. The number of pyridine rings is 1. The minimum Gasteiger partial charge on any atom is -0.438 e. The Balaban J connectivity index is 1.77. The molecule has 1 amide bonds. The highest BCUT2D eigenvalue weighted by atomic mass is 35.5. The van der Waals surface area contributed by atoms with Gasteiger partial charge in [0.25, 0.3) is 11.5 Å². The molecule has 8 nitrogen and oxygen atoms in total. The average molecular weight is 479 g/mol. The monoisotopic (exact) mass is 478 g/mol. The van der Waals surface area contributed by atoms with Gasteiger partial charge in [0.15, 0.2) is 0 Å². The molecule has 0 unspecified atom stereocenters. The summed E-state index contributed by atoms with van der Waals surface area (Å²) < 4.78 is 12.8. The number of hydrogen-bond donors (Lipinski definition) is 1. The number of aromatic nitrogens is 2. The first-order chi connectivity index (χ1) is 16.4. The van der Waals surface area contributed by atoms with E-state index in [1.807, 2.05) is 26.0 Å². The van der Waals surface area contributed by atoms with Gasteiger partial charge in [0, 0.05) is 24.4 Å². The molecule has 1 fully saturated rings. The van der Waals surface area contributed by atoms with E-state index in [2.05, 4.69) is 10.3 Å². The topological polar surface area (TPSA) is 106 Å². The van der Waals surface area contributed by atoms with Gasteiger partial charge in [-0.2, -0.15) is 10.2 Å². The van der Waals surface area contributed by atoms with Crippen LogP contribution in [0.2, 0.25) is 5.02 Å². The number of carbonyl (C=O) groups is 1. The van der Waals surface area contributed by atoms with Gasteiger partial charge < -0.3 is 14.8 Å². The SMILES string of the molecule is Cc1cc(Oc2nc3c(C)cccn3c(=O)c2/C=C(\C#N)C(=O)NC[C@@H]2CCCO2)ccc1Cl. The van der Waals surface area contributed by atoms with Crippen molar-refractivity contribution in [2.75, 3.05) is 13.2 Å². The van der Waals surface area contributed by atoms with Crippen LogP contribution in [0.3, 0.4) is 0 Å². The summed E-state index contributed by atoms with van der Waals surface area (Å²) in [6.07, 6.45) is 4.50. The molecule has 34 heavy (non-hydrogen) atoms. The third kappa shape index (κ3) is 4.96. The fraction of sp³-hybridized carbons (Fsp3) is 0.280. The minimum absolute atomic E-state index is 0.0132. The minimum atomic E-state index is -0.597. The van der Waals surface area contributed by atoms with Crippen LogP contribution >= 0.6 is 11.6 Å². The summed E-state index contributed by atoms with van der Waals surface area (Å²) in [6.45, 7) is 4.60. The van der Waals surface area contributed by atoms with E-state index < -0.39 is 11.5 Å². The molecule has 0 aliphatic carbocycles. The molecule has 3 aromatic rings. The van der Waals surface area contributed by atoms with Gasteiger partial charge in [-0.25, -0.2) is 0 Å². The van der Waals surface area contributed by atoms with Crippen LogP contribution in [-0.2, 0) is 9.53 Å². The Morgan fingerprint density at radius 1 is 1.38 bits per heavy atom. The normalized spacial score (nSPS) is 15.8. The lowest BCUT2D eigenvalue weighted by molar-refractivity contribution is -0.117. The first-order valence-electron chi connectivity index (χ1n) is 10.8. The maximum absolute atomic E-state index is 13.4. The Bertz CT molecular complexity index is 1380. The second-order valence-corrected chi connectivity index (χ2v) is 8.46. The van der Waals surface area contributed by atoms with Gasteiger partial charge in [-0.15, -0.1) is 0 Å². The van der Waals surface area contributed by atoms with Crippen molar-refractivity contribution in [1.82, 2.24) is 14.7 Å². The third-order valence-electron chi connectivity index (χ3n) is 5.56. The summed E-state index contributed by atoms with van der Waals surface area (Å²) in [5, 5.41) is 12.9. The van der Waals surface area contributed by atoms with Crippen LogP contribution in [-0.4, -0.2) is 34.5 Å². The molecule has 1 aromatic carbocycles. The third-order valence-corrected chi connectivity index (χ3v) is 5.99. The van der Waals surface area contributed by atoms with E-state index in [-0.39, 0.29) is 23.1 Å². The van der Waals surface area contributed by atoms with E-state index in [4.69, 9.17) is 21.1 Å². The molecular formula is C25H23ClN4O4. The zero-order valence-electron chi connectivity index (χ0n) is 18.8. The largest absolute Gasteiger partial charge is 0.438 e. The first kappa shape index (κ1) is 23.5. The molecule has 1 N–H and O–H groups in total. The highest BCUT2D eigenvalue weighted by Crippen LogP contribution is 2.28. The quantitative estimate of drug-likeness (QED) is 0.424. The second kappa shape index (κ2) is 10.1. The Labute approximate surface area is 201 Å². The number of nitrogens with zero attached hydrogens (tertiary/aromatic N) is 3. The number of benzene rings is 1. The van der Waals surface area contributed by atoms with Crippen molar-refractivity contribution in [3.8, 4) is 17.7 Å². The Hall–Kier alpha value is -3.67. The van der Waals surface area contributed by atoms with E-state index in [9.17, 15) is 14.9 Å². The smallest absolute Gasteiger partial charge is 0.269 e. The van der Waals surface area contributed by atoms with Crippen LogP contribution < -0.4 is 15.6 Å². The number of nitrogens with one attached hydrogen (secondary N) is 1. The highest BCUT2D eigenvalue weighted by Gasteiger charge is 2.20. The number of fused-ring (bicyclic) bond motifs is 1. The lowest BCUT2D eigenvalue weighted by Gasteiger charge is -2.13. The molecule has 1 aliphatic heterocycles. The van der Waals surface area contributed by atoms with Gasteiger partial charge in [0.05, 0.1) is 6.10 Å². The fourth-order valence-corrected chi connectivity index (χ4v) is 3.80. The van der Waals surface area contributed by atoms with Crippen molar-refractivity contribution in [2.24, 2.45) is 0 Å². The summed E-state index contributed by atoms with van der Waals surface area (Å²) in [4.78, 5) is 30.6. The zero-order valence-corrected chi connectivity index (χ0v) is 19.6. The summed E-state index contributed by atoms with van der Waals surface area (Å²) in [5.74, 6) is -0.191. The number of aryl methyl sites for hydroxylation is 2. The molecule has 1 saturated heterocycles. The maximum Gasteiger partial charge on any atom is 0.269 e. The predicted octanol–water partition coefficient (Wildman–Crippen LogP) is 3.96. The van der Waals surface area contributed by atoms with Gasteiger partial charge in [-0.05, 0) is 68.2 Å². The van der Waals surface area contributed by atoms with Crippen molar-refractivity contribution >= 4 is 29.2 Å². The highest BCUT2D eigenvalue weighted by molar-refractivity contribution is 6.31. The molecule has 0 saturated carbocycles. The Kier molecular flexibility index (Phi) is 6.96. The fourth-order valence-electron chi connectivity index (χ4n) is 3.69. The van der Waals surface area contributed by atoms with Crippen molar-refractivity contribution < 1.29 is 14.3 Å². The molecule has 0 spiro atoms. The van der Waals surface area contributed by atoms with Gasteiger partial charge in [0.1, 0.15) is 28.6 Å². The molecule has 0 bridgehead atoms. The van der Waals surface area contributed by atoms with Crippen molar-refractivity contribution in [3.63, 3.8) is 0 Å². The van der Waals surface area contributed by atoms with Crippen molar-refractivity contribution in [1.29, 1.82) is 5.26 Å². The number of ether oxygens (including phenoxy) is 2. The summed E-state index contributed by atoms with van der Waals surface area (Å²) in [5.41, 5.74) is 1.25. The number of nitriles is 1. The van der Waals surface area contributed by atoms with Crippen molar-refractivity contribution in [2.45, 2.75) is 32.8 Å². The zero-order chi connectivity index (χ0) is 24.2. The lowest BCUT2D eigenvalue weighted by atomic mass is 10.1. The van der Waals surface area contributed by atoms with Gasteiger partial charge >= 0.3 is 0 Å². The van der Waals surface area contributed by atoms with Crippen molar-refractivity contribution in [3.05, 3.63) is 74.2 Å². The number of amides is 1. The van der Waals surface area contributed by atoms with E-state index in [0.29, 0.717) is 29.6 Å². The molecule has 1 atom stereocenters. The van der Waals surface area contributed by atoms with E-state index in [1.165, 1.54) is 10.5 Å². The van der Waals surface area contributed by atoms with Crippen LogP contribution in [0.5, 0.6) is 11.6 Å². The number of carbonyl (C=O) groups excluding carboxylic acids is 1. The predicted molar refractivity (Wildman–Crippen MR) is 128 cm³/mol. The van der Waals surface area contributed by atoms with E-state index >= 15 is 0 Å². The Morgan fingerprint density at radius 3 is 2.91 bits per heavy atom. The molecule has 2 aromatic heterocycles. The molecule has 4 rings (SSSR count). The molecule has 174 valence electrons. The molecule has 0 radical (unpaired) electrons. The summed E-state index contributed by atoms with van der Waals surface area (Å²) in [6, 6.07) is 10.5. The van der Waals surface area contributed by atoms with Crippen LogP contribution in [0.4, 0.5) is 0 Å². The van der Waals surface area contributed by atoms with Crippen LogP contribution in [0.15, 0.2) is 46.9 Å². The van der Waals surface area contributed by atoms with Crippen LogP contribution in [0, 0.1) is 25.2 Å². The second-order valence-electron chi connectivity index (χ2n) is 8.05. The van der Waals surface area contributed by atoms with E-state index in [1.54, 1.807) is 30.5 Å². The number of rotatable bonds is 6. The Morgan fingerprint density at radius 2 is 2.21 bits per heavy atom. The standard InChI is InChI=1S/C25H23ClN4O4/c1-15-5-3-9-30-22(15)29-24(34-18-7-8-21(26)16(2)11-18)20(25(30)32)12-17(13-27)23(31)28-14-19-6-4-10-33-19/h3,5,7-9,11-12,19H,4,6,10,14H2,1-2H3,(H,28,31)/b17-12+/t19-/m0/s1. The molecule has 1 aliphatic rings. The van der Waals surface area contributed by atoms with Crippen LogP contribution in [0.25, 0.3) is 11.7 Å². The lowest BCUT2D eigenvalue weighted by Crippen LogP contribution is -2.32. The maximum atomic E-state index is 13.4. The summed E-state index contributed by atoms with van der Waals surface area (Å²) in [7, 11) is 0. The van der Waals surface area contributed by atoms with Gasteiger partial charge in [-0.3, -0.25) is 14.0 Å². The molecule has 3 heterocycles. The first-order valence-corrected chi connectivity index (χ1v) is 11.2. The van der Waals surface area contributed by atoms with Gasteiger partial charge in [0.2, 0.25) is 5.88 Å². The number of hydrogen-bond acceptors (Lipinski definition) is 6. The van der Waals surface area contributed by atoms with E-state index in [0.717, 1.165) is 24.0 Å². The molecule has 9 heteroatoms. The summed E-state index contributed by atoms with van der Waals surface area (Å²) >= 11 is 6.11. The van der Waals surface area contributed by atoms with Crippen LogP contribution in [0.1, 0.15) is 29.5 Å². The van der Waals surface area contributed by atoms with Gasteiger partial charge in [-0.1, -0.05) is 17.7 Å². The molecular weight excluding hydrogens is 456 g/mol.